The van der Waals surface area contributed by atoms with Crippen LogP contribution in [-0.2, 0) is 16.6 Å². The van der Waals surface area contributed by atoms with Crippen LogP contribution in [0.15, 0.2) is 24.4 Å². The predicted molar refractivity (Wildman–Crippen MR) is 70.5 cm³/mol. The third-order valence-corrected chi connectivity index (χ3v) is 4.55. The zero-order chi connectivity index (χ0) is 12.8. The summed E-state index contributed by atoms with van der Waals surface area (Å²) in [5.74, 6) is 0.423. The van der Waals surface area contributed by atoms with Crippen LogP contribution in [0.5, 0.6) is 0 Å². The summed E-state index contributed by atoms with van der Waals surface area (Å²) in [5, 5.41) is 3.23. The molecule has 0 radical (unpaired) electrons. The molecule has 100 valence electrons. The van der Waals surface area contributed by atoms with E-state index in [1.807, 2.05) is 18.2 Å². The molecule has 0 saturated carbocycles. The number of pyridine rings is 1. The van der Waals surface area contributed by atoms with Crippen molar-refractivity contribution in [2.45, 2.75) is 19.4 Å². The van der Waals surface area contributed by atoms with Crippen molar-refractivity contribution in [1.82, 2.24) is 15.0 Å². The second-order valence-electron chi connectivity index (χ2n) is 4.64. The second kappa shape index (κ2) is 6.26. The molecule has 1 saturated heterocycles. The van der Waals surface area contributed by atoms with Gasteiger partial charge in [-0.2, -0.15) is 0 Å². The van der Waals surface area contributed by atoms with Gasteiger partial charge < -0.3 is 5.32 Å². The number of aromatic nitrogens is 1. The minimum atomic E-state index is -3.21. The van der Waals surface area contributed by atoms with E-state index in [0.29, 0.717) is 0 Å². The van der Waals surface area contributed by atoms with Crippen molar-refractivity contribution in [2.24, 2.45) is 5.92 Å². The lowest BCUT2D eigenvalue weighted by Gasteiger charge is -2.22. The average Bonchev–Trinajstić information content (AvgIpc) is 2.38. The molecule has 1 atom stereocenters. The molecule has 1 fully saturated rings. The molecule has 1 aliphatic rings. The van der Waals surface area contributed by atoms with Gasteiger partial charge in [-0.15, -0.1) is 0 Å². The molecule has 0 bridgehead atoms. The highest BCUT2D eigenvalue weighted by atomic mass is 32.2. The molecule has 2 heterocycles. The molecule has 1 aliphatic heterocycles. The molecule has 0 spiro atoms. The summed E-state index contributed by atoms with van der Waals surface area (Å²) < 4.78 is 26.4. The molecule has 2 N–H and O–H groups in total. The van der Waals surface area contributed by atoms with Gasteiger partial charge in [0.25, 0.3) is 0 Å². The van der Waals surface area contributed by atoms with Crippen LogP contribution >= 0.6 is 0 Å². The van der Waals surface area contributed by atoms with Crippen LogP contribution in [0.3, 0.4) is 0 Å². The molecular formula is C12H19N3O2S. The van der Waals surface area contributed by atoms with Crippen LogP contribution in [0, 0.1) is 5.92 Å². The Morgan fingerprint density at radius 1 is 1.44 bits per heavy atom. The number of hydrogen-bond donors (Lipinski definition) is 2. The van der Waals surface area contributed by atoms with Gasteiger partial charge in [0, 0.05) is 6.20 Å². The Hall–Kier alpha value is -0.980. The number of hydrogen-bond acceptors (Lipinski definition) is 4. The molecule has 18 heavy (non-hydrogen) atoms. The fraction of sp³-hybridized carbons (Fsp3) is 0.583. The minimum Gasteiger partial charge on any atom is -0.316 e. The molecule has 0 aromatic carbocycles. The van der Waals surface area contributed by atoms with Crippen molar-refractivity contribution in [3.63, 3.8) is 0 Å². The van der Waals surface area contributed by atoms with E-state index in [0.717, 1.165) is 31.6 Å². The fourth-order valence-corrected chi connectivity index (χ4v) is 3.51. The van der Waals surface area contributed by atoms with E-state index in [4.69, 9.17) is 0 Å². The molecule has 6 heteroatoms. The maximum absolute atomic E-state index is 11.9. The smallest absolute Gasteiger partial charge is 0.212 e. The Morgan fingerprint density at radius 3 is 3.00 bits per heavy atom. The van der Waals surface area contributed by atoms with E-state index in [1.165, 1.54) is 0 Å². The van der Waals surface area contributed by atoms with Crippen LogP contribution in [0.4, 0.5) is 0 Å². The van der Waals surface area contributed by atoms with Gasteiger partial charge in [0.05, 0.1) is 18.0 Å². The summed E-state index contributed by atoms with van der Waals surface area (Å²) in [6, 6.07) is 5.47. The van der Waals surface area contributed by atoms with E-state index in [-0.39, 0.29) is 18.2 Å². The van der Waals surface area contributed by atoms with Crippen LogP contribution in [-0.4, -0.2) is 32.2 Å². The van der Waals surface area contributed by atoms with Gasteiger partial charge in [-0.25, -0.2) is 13.1 Å². The lowest BCUT2D eigenvalue weighted by Crippen LogP contribution is -2.37. The van der Waals surface area contributed by atoms with Gasteiger partial charge in [0.15, 0.2) is 0 Å². The van der Waals surface area contributed by atoms with Crippen molar-refractivity contribution in [3.05, 3.63) is 30.1 Å². The first-order valence-corrected chi connectivity index (χ1v) is 7.89. The Balaban J connectivity index is 1.83. The first kappa shape index (κ1) is 13.5. The molecule has 0 aliphatic carbocycles. The molecular weight excluding hydrogens is 250 g/mol. The lowest BCUT2D eigenvalue weighted by molar-refractivity contribution is 0.402. The van der Waals surface area contributed by atoms with Crippen LogP contribution in [0.1, 0.15) is 18.5 Å². The first-order valence-electron chi connectivity index (χ1n) is 6.24. The monoisotopic (exact) mass is 269 g/mol. The zero-order valence-electron chi connectivity index (χ0n) is 10.3. The quantitative estimate of drug-likeness (QED) is 0.816. The minimum absolute atomic E-state index is 0.201. The van der Waals surface area contributed by atoms with Crippen molar-refractivity contribution < 1.29 is 8.42 Å². The van der Waals surface area contributed by atoms with Crippen molar-refractivity contribution in [1.29, 1.82) is 0 Å². The van der Waals surface area contributed by atoms with Crippen molar-refractivity contribution >= 4 is 10.0 Å². The fourth-order valence-electron chi connectivity index (χ4n) is 2.12. The highest BCUT2D eigenvalue weighted by Crippen LogP contribution is 2.12. The Morgan fingerprint density at radius 2 is 2.33 bits per heavy atom. The van der Waals surface area contributed by atoms with Gasteiger partial charge in [0.2, 0.25) is 10.0 Å². The van der Waals surface area contributed by atoms with Gasteiger partial charge in [-0.05, 0) is 44.0 Å². The average molecular weight is 269 g/mol. The summed E-state index contributed by atoms with van der Waals surface area (Å²) in [7, 11) is -3.21. The number of rotatable bonds is 5. The maximum atomic E-state index is 11.9. The third-order valence-electron chi connectivity index (χ3n) is 3.05. The van der Waals surface area contributed by atoms with Crippen molar-refractivity contribution in [2.75, 3.05) is 18.8 Å². The molecule has 5 nitrogen and oxygen atoms in total. The van der Waals surface area contributed by atoms with E-state index in [9.17, 15) is 8.42 Å². The third kappa shape index (κ3) is 4.36. The summed E-state index contributed by atoms with van der Waals surface area (Å²) in [5.41, 5.74) is 0.739. The standard InChI is InChI=1S/C12H19N3O2S/c16-18(17,10-11-4-3-6-13-8-11)15-9-12-5-1-2-7-14-12/h1-2,5,7,11,13,15H,3-4,6,8-10H2. The van der Waals surface area contributed by atoms with E-state index >= 15 is 0 Å². The SMILES string of the molecule is O=S(=O)(CC1CCCNC1)NCc1ccccn1. The topological polar surface area (TPSA) is 71.1 Å². The second-order valence-corrected chi connectivity index (χ2v) is 6.49. The number of sulfonamides is 1. The highest BCUT2D eigenvalue weighted by Gasteiger charge is 2.20. The van der Waals surface area contributed by atoms with E-state index < -0.39 is 10.0 Å². The normalized spacial score (nSPS) is 20.8. The summed E-state index contributed by atoms with van der Waals surface area (Å²) in [6.45, 7) is 2.06. The Kier molecular flexibility index (Phi) is 4.68. The molecule has 1 aromatic rings. The predicted octanol–water partition coefficient (Wildman–Crippen LogP) is 0.501. The summed E-state index contributed by atoms with van der Waals surface area (Å²) in [6.07, 6.45) is 3.70. The lowest BCUT2D eigenvalue weighted by atomic mass is 10.0. The zero-order valence-corrected chi connectivity index (χ0v) is 11.1. The van der Waals surface area contributed by atoms with Gasteiger partial charge in [0.1, 0.15) is 0 Å². The summed E-state index contributed by atoms with van der Waals surface area (Å²) in [4.78, 5) is 4.09. The van der Waals surface area contributed by atoms with E-state index in [2.05, 4.69) is 15.0 Å². The Bertz CT molecular complexity index is 455. The van der Waals surface area contributed by atoms with Gasteiger partial charge in [-0.3, -0.25) is 4.98 Å². The maximum Gasteiger partial charge on any atom is 0.212 e. The molecule has 1 unspecified atom stereocenters. The largest absolute Gasteiger partial charge is 0.316 e. The highest BCUT2D eigenvalue weighted by molar-refractivity contribution is 7.89. The molecule has 1 aromatic heterocycles. The number of piperidine rings is 1. The first-order chi connectivity index (χ1) is 8.66. The van der Waals surface area contributed by atoms with Gasteiger partial charge in [-0.1, -0.05) is 6.07 Å². The van der Waals surface area contributed by atoms with E-state index in [1.54, 1.807) is 6.20 Å². The number of nitrogens with one attached hydrogen (secondary N) is 2. The summed E-state index contributed by atoms with van der Waals surface area (Å²) >= 11 is 0. The van der Waals surface area contributed by atoms with Crippen LogP contribution in [0.2, 0.25) is 0 Å². The molecule has 0 amide bonds. The molecule has 2 rings (SSSR count). The van der Waals surface area contributed by atoms with Gasteiger partial charge >= 0.3 is 0 Å². The Labute approximate surface area is 108 Å². The van der Waals surface area contributed by atoms with Crippen LogP contribution in [0.25, 0.3) is 0 Å². The van der Waals surface area contributed by atoms with Crippen LogP contribution < -0.4 is 10.0 Å². The number of nitrogens with zero attached hydrogens (tertiary/aromatic N) is 1. The van der Waals surface area contributed by atoms with Crippen molar-refractivity contribution in [3.8, 4) is 0 Å².